The van der Waals surface area contributed by atoms with Crippen molar-refractivity contribution in [2.24, 2.45) is 11.8 Å². The molecule has 0 amide bonds. The number of carbonyl (C=O) groups is 1. The van der Waals surface area contributed by atoms with Crippen LogP contribution < -0.4 is 4.74 Å². The Kier molecular flexibility index (Phi) is 6.78. The van der Waals surface area contributed by atoms with Crippen LogP contribution in [0.15, 0.2) is 24.3 Å². The van der Waals surface area contributed by atoms with E-state index >= 15 is 0 Å². The van der Waals surface area contributed by atoms with Crippen molar-refractivity contribution in [3.8, 4) is 5.75 Å². The van der Waals surface area contributed by atoms with Gasteiger partial charge in [0.25, 0.3) is 0 Å². The Bertz CT molecular complexity index is 525. The highest BCUT2D eigenvalue weighted by Gasteiger charge is 2.32. The second kappa shape index (κ2) is 8.60. The second-order valence-electron chi connectivity index (χ2n) is 6.71. The van der Waals surface area contributed by atoms with Crippen molar-refractivity contribution in [2.45, 2.75) is 52.1 Å². The molecule has 2 rings (SSSR count). The van der Waals surface area contributed by atoms with Crippen LogP contribution in [0.25, 0.3) is 0 Å². The van der Waals surface area contributed by atoms with Crippen LogP contribution in [0.5, 0.6) is 5.75 Å². The zero-order valence-electron chi connectivity index (χ0n) is 14.9. The molecule has 1 fully saturated rings. The van der Waals surface area contributed by atoms with Gasteiger partial charge in [-0.2, -0.15) is 0 Å². The van der Waals surface area contributed by atoms with Gasteiger partial charge < -0.3 is 19.3 Å². The van der Waals surface area contributed by atoms with E-state index in [0.717, 1.165) is 11.3 Å². The molecule has 0 unspecified atom stereocenters. The van der Waals surface area contributed by atoms with E-state index < -0.39 is 12.4 Å². The fourth-order valence-corrected chi connectivity index (χ4v) is 2.70. The molecule has 24 heavy (non-hydrogen) atoms. The van der Waals surface area contributed by atoms with E-state index in [0.29, 0.717) is 13.0 Å². The zero-order valence-corrected chi connectivity index (χ0v) is 14.9. The molecule has 4 atom stereocenters. The van der Waals surface area contributed by atoms with Crippen molar-refractivity contribution < 1.29 is 24.1 Å². The Balaban J connectivity index is 1.97. The van der Waals surface area contributed by atoms with E-state index in [2.05, 4.69) is 0 Å². The normalized spacial score (nSPS) is 23.8. The summed E-state index contributed by atoms with van der Waals surface area (Å²) in [5.41, 5.74) is 0.905. The summed E-state index contributed by atoms with van der Waals surface area (Å²) in [4.78, 5) is 12.4. The molecule has 1 saturated heterocycles. The molecular formula is C19H28O5. The summed E-state index contributed by atoms with van der Waals surface area (Å²) in [6.45, 7) is 6.24. The first-order chi connectivity index (χ1) is 11.4. The average Bonchev–Trinajstić information content (AvgIpc) is 2.61. The summed E-state index contributed by atoms with van der Waals surface area (Å²) in [5.74, 6) is 0.626. The molecule has 134 valence electrons. The molecule has 0 aromatic heterocycles. The maximum atomic E-state index is 12.4. The Hall–Kier alpha value is -1.43. The van der Waals surface area contributed by atoms with Crippen LogP contribution in [0, 0.1) is 11.8 Å². The zero-order chi connectivity index (χ0) is 17.7. The van der Waals surface area contributed by atoms with Gasteiger partial charge in [-0.3, -0.25) is 4.79 Å². The highest BCUT2D eigenvalue weighted by molar-refractivity contribution is 5.81. The minimum atomic E-state index is -0.600. The molecule has 0 radical (unpaired) electrons. The SMILES string of the molecule is COc1ccc([C@H]2OCC[C@@H]([C@@H](C)C(=O)C[C@@H](O)C(C)C)O2)cc1. The highest BCUT2D eigenvalue weighted by Crippen LogP contribution is 2.31. The van der Waals surface area contributed by atoms with E-state index in [9.17, 15) is 9.90 Å². The first-order valence-corrected chi connectivity index (χ1v) is 8.54. The number of carbonyl (C=O) groups excluding carboxylic acids is 1. The lowest BCUT2D eigenvalue weighted by molar-refractivity contribution is -0.227. The van der Waals surface area contributed by atoms with Crippen LogP contribution in [-0.2, 0) is 14.3 Å². The van der Waals surface area contributed by atoms with E-state index in [1.807, 2.05) is 45.0 Å². The molecule has 1 heterocycles. The van der Waals surface area contributed by atoms with Gasteiger partial charge in [-0.15, -0.1) is 0 Å². The predicted octanol–water partition coefficient (Wildman–Crippen LogP) is 3.11. The van der Waals surface area contributed by atoms with Gasteiger partial charge in [-0.05, 0) is 24.5 Å². The number of rotatable bonds is 7. The van der Waals surface area contributed by atoms with E-state index in [4.69, 9.17) is 14.2 Å². The molecule has 5 heteroatoms. The van der Waals surface area contributed by atoms with Crippen LogP contribution in [0.4, 0.5) is 0 Å². The summed E-state index contributed by atoms with van der Waals surface area (Å²) in [5, 5.41) is 9.93. The fourth-order valence-electron chi connectivity index (χ4n) is 2.70. The Morgan fingerprint density at radius 2 is 1.96 bits per heavy atom. The number of aliphatic hydroxyl groups is 1. The molecule has 5 nitrogen and oxygen atoms in total. The van der Waals surface area contributed by atoms with Gasteiger partial charge in [0.2, 0.25) is 0 Å². The first kappa shape index (κ1) is 18.9. The summed E-state index contributed by atoms with van der Waals surface area (Å²) >= 11 is 0. The van der Waals surface area contributed by atoms with E-state index in [1.165, 1.54) is 0 Å². The maximum absolute atomic E-state index is 12.4. The van der Waals surface area contributed by atoms with Gasteiger partial charge in [0, 0.05) is 17.9 Å². The lowest BCUT2D eigenvalue weighted by atomic mass is 9.90. The van der Waals surface area contributed by atoms with Gasteiger partial charge in [-0.25, -0.2) is 0 Å². The monoisotopic (exact) mass is 336 g/mol. The van der Waals surface area contributed by atoms with Crippen molar-refractivity contribution in [2.75, 3.05) is 13.7 Å². The Morgan fingerprint density at radius 3 is 2.54 bits per heavy atom. The van der Waals surface area contributed by atoms with Crippen molar-refractivity contribution in [1.29, 1.82) is 0 Å². The number of benzene rings is 1. The van der Waals surface area contributed by atoms with Crippen molar-refractivity contribution in [1.82, 2.24) is 0 Å². The van der Waals surface area contributed by atoms with Gasteiger partial charge in [0.1, 0.15) is 11.5 Å². The number of ketones is 1. The van der Waals surface area contributed by atoms with Crippen LogP contribution >= 0.6 is 0 Å². The smallest absolute Gasteiger partial charge is 0.184 e. The van der Waals surface area contributed by atoms with Crippen molar-refractivity contribution >= 4 is 5.78 Å². The molecule has 1 aliphatic heterocycles. The van der Waals surface area contributed by atoms with Crippen LogP contribution in [0.2, 0.25) is 0 Å². The standard InChI is InChI=1S/C19H28O5/c1-12(2)16(20)11-17(21)13(3)18-9-10-23-19(24-18)14-5-7-15(22-4)8-6-14/h5-8,12-13,16,18-20H,9-11H2,1-4H3/t13-,16+,18-,19-/m0/s1. The largest absolute Gasteiger partial charge is 0.497 e. The molecule has 1 aromatic rings. The Labute approximate surface area is 143 Å². The molecule has 1 aliphatic rings. The number of Topliss-reactive ketones (excluding diaryl/α,β-unsaturated/α-hetero) is 1. The quantitative estimate of drug-likeness (QED) is 0.829. The molecule has 0 bridgehead atoms. The van der Waals surface area contributed by atoms with E-state index in [1.54, 1.807) is 7.11 Å². The summed E-state index contributed by atoms with van der Waals surface area (Å²) < 4.78 is 16.9. The Morgan fingerprint density at radius 1 is 1.29 bits per heavy atom. The lowest BCUT2D eigenvalue weighted by Gasteiger charge is -2.33. The van der Waals surface area contributed by atoms with Gasteiger partial charge in [0.05, 0.1) is 25.9 Å². The molecular weight excluding hydrogens is 308 g/mol. The molecule has 1 aromatic carbocycles. The maximum Gasteiger partial charge on any atom is 0.184 e. The summed E-state index contributed by atoms with van der Waals surface area (Å²) in [6, 6.07) is 7.53. The van der Waals surface area contributed by atoms with Crippen LogP contribution in [0.3, 0.4) is 0 Å². The highest BCUT2D eigenvalue weighted by atomic mass is 16.7. The average molecular weight is 336 g/mol. The minimum absolute atomic E-state index is 0.0385. The number of hydrogen-bond donors (Lipinski definition) is 1. The lowest BCUT2D eigenvalue weighted by Crippen LogP contribution is -2.37. The summed E-state index contributed by atoms with van der Waals surface area (Å²) in [6.07, 6.45) is -0.417. The minimum Gasteiger partial charge on any atom is -0.497 e. The first-order valence-electron chi connectivity index (χ1n) is 8.54. The molecule has 0 aliphatic carbocycles. The number of hydrogen-bond acceptors (Lipinski definition) is 5. The molecule has 0 saturated carbocycles. The number of aliphatic hydroxyl groups excluding tert-OH is 1. The third kappa shape index (κ3) is 4.79. The second-order valence-corrected chi connectivity index (χ2v) is 6.71. The number of ether oxygens (including phenoxy) is 3. The topological polar surface area (TPSA) is 65.0 Å². The van der Waals surface area contributed by atoms with Crippen molar-refractivity contribution in [3.05, 3.63) is 29.8 Å². The van der Waals surface area contributed by atoms with E-state index in [-0.39, 0.29) is 30.1 Å². The third-order valence-corrected chi connectivity index (χ3v) is 4.60. The van der Waals surface area contributed by atoms with Crippen LogP contribution in [0.1, 0.15) is 45.5 Å². The molecule has 1 N–H and O–H groups in total. The van der Waals surface area contributed by atoms with Gasteiger partial charge in [0.15, 0.2) is 6.29 Å². The van der Waals surface area contributed by atoms with Crippen molar-refractivity contribution in [3.63, 3.8) is 0 Å². The summed E-state index contributed by atoms with van der Waals surface area (Å²) in [7, 11) is 1.62. The van der Waals surface area contributed by atoms with Gasteiger partial charge in [-0.1, -0.05) is 32.9 Å². The fraction of sp³-hybridized carbons (Fsp3) is 0.632. The number of methoxy groups -OCH3 is 1. The third-order valence-electron chi connectivity index (χ3n) is 4.60. The van der Waals surface area contributed by atoms with Gasteiger partial charge >= 0.3 is 0 Å². The predicted molar refractivity (Wildman–Crippen MR) is 90.8 cm³/mol. The molecule has 0 spiro atoms. The van der Waals surface area contributed by atoms with Crippen LogP contribution in [-0.4, -0.2) is 36.8 Å².